The molecular weight excluding hydrogens is 272 g/mol. The summed E-state index contributed by atoms with van der Waals surface area (Å²) in [7, 11) is 0. The summed E-state index contributed by atoms with van der Waals surface area (Å²) in [6.07, 6.45) is 8.77. The number of H-pyrrole nitrogens is 1. The normalized spacial score (nSPS) is 17.3. The van der Waals surface area contributed by atoms with Crippen molar-refractivity contribution in [3.8, 4) is 0 Å². The van der Waals surface area contributed by atoms with Crippen molar-refractivity contribution in [2.24, 2.45) is 0 Å². The first-order valence-electron chi connectivity index (χ1n) is 7.28. The molecule has 4 N–H and O–H groups in total. The second kappa shape index (κ2) is 6.52. The van der Waals surface area contributed by atoms with Crippen molar-refractivity contribution in [2.45, 2.75) is 50.2 Å². The van der Waals surface area contributed by atoms with E-state index >= 15 is 0 Å². The lowest BCUT2D eigenvalue weighted by molar-refractivity contribution is 0.0945. The number of nitrogens with zero attached hydrogens (tertiary/aromatic N) is 1. The van der Waals surface area contributed by atoms with E-state index < -0.39 is 0 Å². The van der Waals surface area contributed by atoms with Crippen LogP contribution < -0.4 is 11.1 Å². The van der Waals surface area contributed by atoms with Gasteiger partial charge in [-0.3, -0.25) is 9.89 Å². The first-order chi connectivity index (χ1) is 9.62. The summed E-state index contributed by atoms with van der Waals surface area (Å²) in [6, 6.07) is 0. The van der Waals surface area contributed by atoms with Crippen LogP contribution in [0.2, 0.25) is 0 Å². The molecule has 0 spiro atoms. The minimum Gasteiger partial charge on any atom is -0.395 e. The van der Waals surface area contributed by atoms with Crippen LogP contribution in [0.1, 0.15) is 55.2 Å². The summed E-state index contributed by atoms with van der Waals surface area (Å²) in [5, 5.41) is 9.93. The zero-order valence-electron chi connectivity index (χ0n) is 12.3. The van der Waals surface area contributed by atoms with Crippen LogP contribution in [0.5, 0.6) is 0 Å². The highest BCUT2D eigenvalue weighted by Crippen LogP contribution is 2.39. The number of carbonyl (C=O) groups excluding carboxylic acids is 1. The number of hydrogen-bond donors (Lipinski definition) is 3. The highest BCUT2D eigenvalue weighted by molar-refractivity contribution is 8.00. The monoisotopic (exact) mass is 296 g/mol. The molecule has 1 fully saturated rings. The number of amides is 1. The van der Waals surface area contributed by atoms with Crippen LogP contribution in [0.15, 0.2) is 0 Å². The van der Waals surface area contributed by atoms with Gasteiger partial charge in [-0.15, -0.1) is 0 Å². The molecule has 1 aliphatic carbocycles. The lowest BCUT2D eigenvalue weighted by atomic mass is 10.1. The maximum Gasteiger partial charge on any atom is 0.273 e. The molecular formula is C14H24N4OS. The molecule has 112 valence electrons. The van der Waals surface area contributed by atoms with Crippen LogP contribution in [0.4, 0.5) is 5.69 Å². The third kappa shape index (κ3) is 3.11. The number of nitrogens with one attached hydrogen (secondary N) is 2. The molecule has 0 aliphatic heterocycles. The number of nitrogen functional groups attached to an aromatic ring is 1. The molecule has 20 heavy (non-hydrogen) atoms. The van der Waals surface area contributed by atoms with Gasteiger partial charge in [0.05, 0.1) is 11.4 Å². The van der Waals surface area contributed by atoms with E-state index in [1.54, 1.807) is 0 Å². The van der Waals surface area contributed by atoms with E-state index in [-0.39, 0.29) is 10.7 Å². The topological polar surface area (TPSA) is 83.8 Å². The number of thioether (sulfide) groups is 1. The van der Waals surface area contributed by atoms with Crippen LogP contribution in [0.3, 0.4) is 0 Å². The maximum absolute atomic E-state index is 12.2. The predicted octanol–water partition coefficient (Wildman–Crippen LogP) is 2.35. The van der Waals surface area contributed by atoms with Crippen molar-refractivity contribution in [1.29, 1.82) is 0 Å². The van der Waals surface area contributed by atoms with Gasteiger partial charge in [-0.25, -0.2) is 0 Å². The standard InChI is InChI=1S/C14H24N4OS/c1-3-6-10-11(15)12(18-17-10)13(19)16-9-14(20-2)7-4-5-8-14/h3-9,15H2,1-2H3,(H,16,19)(H,17,18). The molecule has 0 unspecified atom stereocenters. The van der Waals surface area contributed by atoms with Gasteiger partial charge in [-0.2, -0.15) is 16.9 Å². The van der Waals surface area contributed by atoms with E-state index in [4.69, 9.17) is 5.73 Å². The van der Waals surface area contributed by atoms with Crippen molar-refractivity contribution in [3.05, 3.63) is 11.4 Å². The Bertz CT molecular complexity index is 466. The minimum atomic E-state index is -0.165. The molecule has 1 aromatic rings. The summed E-state index contributed by atoms with van der Waals surface area (Å²) in [4.78, 5) is 12.2. The first kappa shape index (κ1) is 15.2. The van der Waals surface area contributed by atoms with Crippen LogP contribution in [-0.2, 0) is 6.42 Å². The minimum absolute atomic E-state index is 0.165. The van der Waals surface area contributed by atoms with Gasteiger partial charge in [0, 0.05) is 11.3 Å². The number of rotatable bonds is 6. The molecule has 6 heteroatoms. The smallest absolute Gasteiger partial charge is 0.273 e. The van der Waals surface area contributed by atoms with E-state index in [9.17, 15) is 4.79 Å². The van der Waals surface area contributed by atoms with Gasteiger partial charge in [0.25, 0.3) is 5.91 Å². The second-order valence-electron chi connectivity index (χ2n) is 5.49. The van der Waals surface area contributed by atoms with Crippen molar-refractivity contribution in [3.63, 3.8) is 0 Å². The number of aromatic nitrogens is 2. The molecule has 2 rings (SSSR count). The molecule has 1 aliphatic rings. The third-order valence-corrected chi connectivity index (χ3v) is 5.54. The number of anilines is 1. The van der Waals surface area contributed by atoms with Crippen molar-refractivity contribution in [2.75, 3.05) is 18.5 Å². The zero-order valence-corrected chi connectivity index (χ0v) is 13.1. The van der Waals surface area contributed by atoms with Gasteiger partial charge in [-0.05, 0) is 25.5 Å². The van der Waals surface area contributed by atoms with Crippen LogP contribution >= 0.6 is 11.8 Å². The van der Waals surface area contributed by atoms with E-state index in [0.717, 1.165) is 18.5 Å². The molecule has 0 saturated heterocycles. The Morgan fingerprint density at radius 3 is 2.80 bits per heavy atom. The van der Waals surface area contributed by atoms with Crippen molar-refractivity contribution >= 4 is 23.4 Å². The lowest BCUT2D eigenvalue weighted by Crippen LogP contribution is -2.38. The second-order valence-corrected chi connectivity index (χ2v) is 6.77. The number of aromatic amines is 1. The maximum atomic E-state index is 12.2. The van der Waals surface area contributed by atoms with Gasteiger partial charge >= 0.3 is 0 Å². The van der Waals surface area contributed by atoms with E-state index in [0.29, 0.717) is 17.9 Å². The highest BCUT2D eigenvalue weighted by atomic mass is 32.2. The Morgan fingerprint density at radius 2 is 2.20 bits per heavy atom. The Kier molecular flexibility index (Phi) is 4.96. The van der Waals surface area contributed by atoms with Gasteiger partial charge in [-0.1, -0.05) is 26.2 Å². The number of hydrogen-bond acceptors (Lipinski definition) is 4. The van der Waals surface area contributed by atoms with Gasteiger partial charge in [0.1, 0.15) is 0 Å². The fourth-order valence-electron chi connectivity index (χ4n) is 2.80. The molecule has 1 heterocycles. The lowest BCUT2D eigenvalue weighted by Gasteiger charge is -2.26. The largest absolute Gasteiger partial charge is 0.395 e. The summed E-state index contributed by atoms with van der Waals surface area (Å²) < 4.78 is 0.201. The Balaban J connectivity index is 1.98. The molecule has 0 bridgehead atoms. The Morgan fingerprint density at radius 1 is 1.50 bits per heavy atom. The molecule has 1 aromatic heterocycles. The van der Waals surface area contributed by atoms with Crippen LogP contribution in [0, 0.1) is 0 Å². The fraction of sp³-hybridized carbons (Fsp3) is 0.714. The average molecular weight is 296 g/mol. The summed E-state index contributed by atoms with van der Waals surface area (Å²) in [5.41, 5.74) is 7.67. The average Bonchev–Trinajstić information content (AvgIpc) is 3.06. The summed E-state index contributed by atoms with van der Waals surface area (Å²) in [6.45, 7) is 2.77. The third-order valence-electron chi connectivity index (χ3n) is 4.12. The van der Waals surface area contributed by atoms with E-state index in [1.807, 2.05) is 11.8 Å². The first-order valence-corrected chi connectivity index (χ1v) is 8.50. The fourth-order valence-corrected chi connectivity index (χ4v) is 3.71. The molecule has 1 saturated carbocycles. The summed E-state index contributed by atoms with van der Waals surface area (Å²) >= 11 is 1.86. The molecule has 0 aromatic carbocycles. The number of carbonyl (C=O) groups is 1. The quantitative estimate of drug-likeness (QED) is 0.752. The highest BCUT2D eigenvalue weighted by Gasteiger charge is 2.33. The van der Waals surface area contributed by atoms with Gasteiger partial charge in [0.2, 0.25) is 0 Å². The predicted molar refractivity (Wildman–Crippen MR) is 84.0 cm³/mol. The number of aryl methyl sites for hydroxylation is 1. The molecule has 1 amide bonds. The molecule has 0 radical (unpaired) electrons. The van der Waals surface area contributed by atoms with E-state index in [1.165, 1.54) is 25.7 Å². The Hall–Kier alpha value is -1.17. The van der Waals surface area contributed by atoms with Gasteiger partial charge < -0.3 is 11.1 Å². The molecule has 5 nitrogen and oxygen atoms in total. The van der Waals surface area contributed by atoms with Crippen molar-refractivity contribution < 1.29 is 4.79 Å². The summed E-state index contributed by atoms with van der Waals surface area (Å²) in [5.74, 6) is -0.165. The SMILES string of the molecule is CCCc1[nH]nc(C(=O)NCC2(SC)CCCC2)c1N. The van der Waals surface area contributed by atoms with Crippen molar-refractivity contribution in [1.82, 2.24) is 15.5 Å². The molecule has 0 atom stereocenters. The van der Waals surface area contributed by atoms with Crippen LogP contribution in [0.25, 0.3) is 0 Å². The van der Waals surface area contributed by atoms with Gasteiger partial charge in [0.15, 0.2) is 5.69 Å². The van der Waals surface area contributed by atoms with E-state index in [2.05, 4.69) is 28.7 Å². The zero-order chi connectivity index (χ0) is 14.6. The van der Waals surface area contributed by atoms with Crippen LogP contribution in [-0.4, -0.2) is 33.7 Å². The number of nitrogens with two attached hydrogens (primary N) is 1. The Labute approximate surface area is 124 Å².